The SMILES string of the molecule is CN(C)C(C#N)(C[C@@H]1C[C@H]1c1ccccc1)c1ccccc1. The van der Waals surface area contributed by atoms with Gasteiger partial charge >= 0.3 is 0 Å². The third-order valence-electron chi connectivity index (χ3n) is 4.91. The molecule has 0 spiro atoms. The van der Waals surface area contributed by atoms with Crippen molar-refractivity contribution < 1.29 is 0 Å². The molecule has 0 heterocycles. The molecule has 2 heteroatoms. The van der Waals surface area contributed by atoms with Crippen molar-refractivity contribution in [1.29, 1.82) is 5.26 Å². The minimum absolute atomic E-state index is 0.532. The van der Waals surface area contributed by atoms with E-state index in [2.05, 4.69) is 53.4 Å². The number of hydrogen-bond donors (Lipinski definition) is 0. The summed E-state index contributed by atoms with van der Waals surface area (Å²) in [4.78, 5) is 2.07. The molecule has 0 bridgehead atoms. The molecule has 1 aliphatic rings. The van der Waals surface area contributed by atoms with Crippen molar-refractivity contribution >= 4 is 0 Å². The Bertz CT molecular complexity index is 657. The Morgan fingerprint density at radius 3 is 2.18 bits per heavy atom. The first-order chi connectivity index (χ1) is 10.7. The summed E-state index contributed by atoms with van der Waals surface area (Å²) in [6.07, 6.45) is 2.08. The summed E-state index contributed by atoms with van der Waals surface area (Å²) in [5.74, 6) is 1.20. The molecule has 22 heavy (non-hydrogen) atoms. The Morgan fingerprint density at radius 1 is 1.05 bits per heavy atom. The van der Waals surface area contributed by atoms with Crippen LogP contribution >= 0.6 is 0 Å². The lowest BCUT2D eigenvalue weighted by molar-refractivity contribution is 0.193. The summed E-state index contributed by atoms with van der Waals surface area (Å²) in [6.45, 7) is 0. The zero-order chi connectivity index (χ0) is 15.6. The van der Waals surface area contributed by atoms with E-state index in [-0.39, 0.29) is 0 Å². The Labute approximate surface area is 133 Å². The number of nitrogens with zero attached hydrogens (tertiary/aromatic N) is 2. The van der Waals surface area contributed by atoms with Gasteiger partial charge in [-0.1, -0.05) is 60.7 Å². The topological polar surface area (TPSA) is 27.0 Å². The smallest absolute Gasteiger partial charge is 0.134 e. The summed E-state index contributed by atoms with van der Waals surface area (Å²) in [6, 6.07) is 23.5. The second-order valence-electron chi connectivity index (χ2n) is 6.45. The zero-order valence-electron chi connectivity index (χ0n) is 13.2. The highest BCUT2D eigenvalue weighted by Gasteiger charge is 2.46. The maximum absolute atomic E-state index is 9.94. The molecule has 0 N–H and O–H groups in total. The molecule has 0 saturated heterocycles. The van der Waals surface area contributed by atoms with E-state index in [1.165, 1.54) is 12.0 Å². The van der Waals surface area contributed by atoms with E-state index in [4.69, 9.17) is 0 Å². The average molecular weight is 290 g/mol. The van der Waals surface area contributed by atoms with Gasteiger partial charge < -0.3 is 0 Å². The fourth-order valence-corrected chi connectivity index (χ4v) is 3.44. The molecular weight excluding hydrogens is 268 g/mol. The lowest BCUT2D eigenvalue weighted by Crippen LogP contribution is -2.40. The van der Waals surface area contributed by atoms with Crippen LogP contribution in [0.25, 0.3) is 0 Å². The van der Waals surface area contributed by atoms with Gasteiger partial charge in [0.25, 0.3) is 0 Å². The monoisotopic (exact) mass is 290 g/mol. The summed E-state index contributed by atoms with van der Waals surface area (Å²) in [5.41, 5.74) is 1.97. The fraction of sp³-hybridized carbons (Fsp3) is 0.350. The lowest BCUT2D eigenvalue weighted by Gasteiger charge is -2.34. The van der Waals surface area contributed by atoms with Gasteiger partial charge in [0, 0.05) is 0 Å². The molecule has 0 amide bonds. The second-order valence-corrected chi connectivity index (χ2v) is 6.45. The molecule has 1 fully saturated rings. The standard InChI is InChI=1S/C20H22N2/c1-22(2)20(15-21,18-11-7-4-8-12-18)14-17-13-19(17)16-9-5-3-6-10-16/h3-12,17,19H,13-14H2,1-2H3/t17-,19-,20?/m0/s1. The maximum atomic E-state index is 9.94. The van der Waals surface area contributed by atoms with Crippen LogP contribution in [0.4, 0.5) is 0 Å². The van der Waals surface area contributed by atoms with E-state index in [0.29, 0.717) is 11.8 Å². The van der Waals surface area contributed by atoms with Crippen molar-refractivity contribution in [3.05, 3.63) is 71.8 Å². The van der Waals surface area contributed by atoms with E-state index in [9.17, 15) is 5.26 Å². The van der Waals surface area contributed by atoms with Gasteiger partial charge in [0.05, 0.1) is 6.07 Å². The van der Waals surface area contributed by atoms with Gasteiger partial charge in [0.2, 0.25) is 0 Å². The van der Waals surface area contributed by atoms with Gasteiger partial charge in [-0.2, -0.15) is 5.26 Å². The summed E-state index contributed by atoms with van der Waals surface area (Å²) >= 11 is 0. The molecule has 0 radical (unpaired) electrons. The van der Waals surface area contributed by atoms with Gasteiger partial charge in [-0.25, -0.2) is 0 Å². The van der Waals surface area contributed by atoms with Crippen molar-refractivity contribution in [3.63, 3.8) is 0 Å². The Morgan fingerprint density at radius 2 is 1.64 bits per heavy atom. The molecule has 1 unspecified atom stereocenters. The van der Waals surface area contributed by atoms with Crippen molar-refractivity contribution in [1.82, 2.24) is 4.90 Å². The minimum Gasteiger partial charge on any atom is -0.288 e. The highest BCUT2D eigenvalue weighted by molar-refractivity contribution is 5.34. The van der Waals surface area contributed by atoms with Crippen LogP contribution in [-0.2, 0) is 5.54 Å². The maximum Gasteiger partial charge on any atom is 0.134 e. The molecule has 2 aromatic carbocycles. The molecule has 2 aromatic rings. The van der Waals surface area contributed by atoms with Crippen molar-refractivity contribution in [2.24, 2.45) is 5.92 Å². The Kier molecular flexibility index (Phi) is 4.00. The van der Waals surface area contributed by atoms with E-state index in [1.807, 2.05) is 32.3 Å². The van der Waals surface area contributed by atoms with Gasteiger partial charge in [-0.15, -0.1) is 0 Å². The van der Waals surface area contributed by atoms with Gasteiger partial charge in [-0.3, -0.25) is 4.90 Å². The van der Waals surface area contributed by atoms with Crippen LogP contribution in [-0.4, -0.2) is 19.0 Å². The first-order valence-corrected chi connectivity index (χ1v) is 7.86. The zero-order valence-corrected chi connectivity index (χ0v) is 13.2. The molecule has 0 aliphatic heterocycles. The fourth-order valence-electron chi connectivity index (χ4n) is 3.44. The highest BCUT2D eigenvalue weighted by atomic mass is 15.1. The summed E-state index contributed by atoms with van der Waals surface area (Å²) < 4.78 is 0. The van der Waals surface area contributed by atoms with E-state index < -0.39 is 5.54 Å². The quantitative estimate of drug-likeness (QED) is 0.826. The number of benzene rings is 2. The molecule has 1 saturated carbocycles. The van der Waals surface area contributed by atoms with Crippen LogP contribution < -0.4 is 0 Å². The van der Waals surface area contributed by atoms with Crippen LogP contribution in [0.15, 0.2) is 60.7 Å². The third-order valence-corrected chi connectivity index (χ3v) is 4.91. The van der Waals surface area contributed by atoms with Gasteiger partial charge in [0.15, 0.2) is 0 Å². The second kappa shape index (κ2) is 5.94. The van der Waals surface area contributed by atoms with E-state index in [0.717, 1.165) is 12.0 Å². The van der Waals surface area contributed by atoms with Crippen LogP contribution in [0.5, 0.6) is 0 Å². The molecule has 112 valence electrons. The molecule has 3 rings (SSSR count). The Balaban J connectivity index is 1.83. The first kappa shape index (κ1) is 14.8. The molecule has 2 nitrogen and oxygen atoms in total. The van der Waals surface area contributed by atoms with Crippen LogP contribution in [0.2, 0.25) is 0 Å². The first-order valence-electron chi connectivity index (χ1n) is 7.86. The van der Waals surface area contributed by atoms with Crippen LogP contribution in [0, 0.1) is 17.2 Å². The lowest BCUT2D eigenvalue weighted by atomic mass is 9.84. The number of rotatable bonds is 5. The number of hydrogen-bond acceptors (Lipinski definition) is 2. The van der Waals surface area contributed by atoms with E-state index >= 15 is 0 Å². The van der Waals surface area contributed by atoms with Crippen LogP contribution in [0.1, 0.15) is 29.9 Å². The minimum atomic E-state index is -0.532. The van der Waals surface area contributed by atoms with Crippen molar-refractivity contribution in [2.45, 2.75) is 24.3 Å². The molecule has 1 aliphatic carbocycles. The van der Waals surface area contributed by atoms with Crippen molar-refractivity contribution in [2.75, 3.05) is 14.1 Å². The highest BCUT2D eigenvalue weighted by Crippen LogP contribution is 2.53. The molecule has 3 atom stereocenters. The predicted molar refractivity (Wildman–Crippen MR) is 89.3 cm³/mol. The van der Waals surface area contributed by atoms with Gasteiger partial charge in [0.1, 0.15) is 5.54 Å². The predicted octanol–water partition coefficient (Wildman–Crippen LogP) is 4.16. The molecular formula is C20H22N2. The van der Waals surface area contributed by atoms with Crippen molar-refractivity contribution in [3.8, 4) is 6.07 Å². The van der Waals surface area contributed by atoms with Crippen LogP contribution in [0.3, 0.4) is 0 Å². The van der Waals surface area contributed by atoms with Gasteiger partial charge in [-0.05, 0) is 49.9 Å². The normalized spacial score (nSPS) is 22.8. The molecule has 0 aromatic heterocycles. The largest absolute Gasteiger partial charge is 0.288 e. The summed E-state index contributed by atoms with van der Waals surface area (Å²) in [7, 11) is 4.02. The van der Waals surface area contributed by atoms with E-state index in [1.54, 1.807) is 0 Å². The summed E-state index contributed by atoms with van der Waals surface area (Å²) in [5, 5.41) is 9.94. The number of nitriles is 1. The Hall–Kier alpha value is -2.11. The third kappa shape index (κ3) is 2.65. The average Bonchev–Trinajstić information content (AvgIpc) is 3.33.